The number of nitrogens with zero attached hydrogens (tertiary/aromatic N) is 1. The molecule has 0 saturated carbocycles. The highest BCUT2D eigenvalue weighted by molar-refractivity contribution is 5.94. The lowest BCUT2D eigenvalue weighted by Crippen LogP contribution is -2.45. The van der Waals surface area contributed by atoms with E-state index in [1.807, 2.05) is 7.05 Å². The highest BCUT2D eigenvalue weighted by Crippen LogP contribution is 2.04. The van der Waals surface area contributed by atoms with Gasteiger partial charge in [-0.1, -0.05) is 0 Å². The summed E-state index contributed by atoms with van der Waals surface area (Å²) < 4.78 is 18.2. The van der Waals surface area contributed by atoms with Crippen molar-refractivity contribution in [2.45, 2.75) is 6.10 Å². The summed E-state index contributed by atoms with van der Waals surface area (Å²) in [6, 6.07) is 5.50. The lowest BCUT2D eigenvalue weighted by molar-refractivity contribution is -0.0175. The minimum Gasteiger partial charge on any atom is -0.374 e. The van der Waals surface area contributed by atoms with Gasteiger partial charge in [-0.3, -0.25) is 4.79 Å². The van der Waals surface area contributed by atoms with Crippen LogP contribution >= 0.6 is 0 Å². The summed E-state index contributed by atoms with van der Waals surface area (Å²) in [7, 11) is 2.03. The van der Waals surface area contributed by atoms with Crippen molar-refractivity contribution in [2.75, 3.05) is 33.3 Å². The summed E-state index contributed by atoms with van der Waals surface area (Å²) in [6.45, 7) is 2.89. The van der Waals surface area contributed by atoms with Gasteiger partial charge in [-0.15, -0.1) is 0 Å². The number of benzene rings is 1. The number of morpholine rings is 1. The molecular formula is C13H17FN2O2. The van der Waals surface area contributed by atoms with Gasteiger partial charge in [0.25, 0.3) is 5.91 Å². The van der Waals surface area contributed by atoms with Crippen molar-refractivity contribution < 1.29 is 13.9 Å². The van der Waals surface area contributed by atoms with E-state index in [1.54, 1.807) is 0 Å². The molecule has 4 nitrogen and oxygen atoms in total. The monoisotopic (exact) mass is 252 g/mol. The molecule has 0 radical (unpaired) electrons. The molecule has 1 aliphatic heterocycles. The Kier molecular flexibility index (Phi) is 4.28. The summed E-state index contributed by atoms with van der Waals surface area (Å²) in [5.74, 6) is -0.546. The fraction of sp³-hybridized carbons (Fsp3) is 0.462. The predicted octanol–water partition coefficient (Wildman–Crippen LogP) is 0.886. The van der Waals surface area contributed by atoms with Crippen LogP contribution in [-0.4, -0.2) is 50.2 Å². The number of hydrogen-bond donors (Lipinski definition) is 1. The van der Waals surface area contributed by atoms with E-state index in [9.17, 15) is 9.18 Å². The molecule has 1 unspecified atom stereocenters. The number of ether oxygens (including phenoxy) is 1. The molecule has 0 aliphatic carbocycles. The van der Waals surface area contributed by atoms with Crippen LogP contribution in [0.1, 0.15) is 10.4 Å². The summed E-state index contributed by atoms with van der Waals surface area (Å²) in [4.78, 5) is 13.9. The van der Waals surface area contributed by atoms with E-state index < -0.39 is 0 Å². The third kappa shape index (κ3) is 3.51. The van der Waals surface area contributed by atoms with E-state index >= 15 is 0 Å². The van der Waals surface area contributed by atoms with Crippen LogP contribution in [0.15, 0.2) is 24.3 Å². The van der Waals surface area contributed by atoms with Crippen molar-refractivity contribution in [3.63, 3.8) is 0 Å². The number of hydrogen-bond acceptors (Lipinski definition) is 3. The molecule has 1 amide bonds. The number of halogens is 1. The van der Waals surface area contributed by atoms with Crippen molar-refractivity contribution in [2.24, 2.45) is 0 Å². The number of carbonyl (C=O) groups is 1. The summed E-state index contributed by atoms with van der Waals surface area (Å²) in [5, 5.41) is 2.80. The second-order valence-corrected chi connectivity index (χ2v) is 4.47. The molecule has 0 bridgehead atoms. The van der Waals surface area contributed by atoms with E-state index in [-0.39, 0.29) is 17.8 Å². The molecule has 18 heavy (non-hydrogen) atoms. The van der Waals surface area contributed by atoms with E-state index in [0.717, 1.165) is 13.1 Å². The molecule has 2 rings (SSSR count). The molecule has 1 atom stereocenters. The predicted molar refractivity (Wildman–Crippen MR) is 66.0 cm³/mol. The van der Waals surface area contributed by atoms with Gasteiger partial charge < -0.3 is 15.0 Å². The Morgan fingerprint density at radius 1 is 1.50 bits per heavy atom. The molecule has 1 aromatic rings. The lowest BCUT2D eigenvalue weighted by atomic mass is 10.2. The van der Waals surface area contributed by atoms with Crippen LogP contribution in [0.25, 0.3) is 0 Å². The van der Waals surface area contributed by atoms with Crippen LogP contribution in [0.4, 0.5) is 4.39 Å². The average Bonchev–Trinajstić information content (AvgIpc) is 2.37. The Morgan fingerprint density at radius 3 is 2.89 bits per heavy atom. The number of nitrogens with one attached hydrogen (secondary N) is 1. The molecule has 98 valence electrons. The van der Waals surface area contributed by atoms with Crippen LogP contribution in [-0.2, 0) is 4.74 Å². The molecular weight excluding hydrogens is 235 g/mol. The second kappa shape index (κ2) is 5.93. The lowest BCUT2D eigenvalue weighted by Gasteiger charge is -2.30. The minimum atomic E-state index is -0.344. The van der Waals surface area contributed by atoms with Crippen LogP contribution in [0.2, 0.25) is 0 Å². The quantitative estimate of drug-likeness (QED) is 0.868. The smallest absolute Gasteiger partial charge is 0.251 e. The largest absolute Gasteiger partial charge is 0.374 e. The zero-order valence-corrected chi connectivity index (χ0v) is 10.4. The maximum atomic E-state index is 12.7. The molecule has 1 N–H and O–H groups in total. The van der Waals surface area contributed by atoms with E-state index in [2.05, 4.69) is 10.2 Å². The van der Waals surface area contributed by atoms with Gasteiger partial charge in [-0.2, -0.15) is 0 Å². The second-order valence-electron chi connectivity index (χ2n) is 4.47. The van der Waals surface area contributed by atoms with Crippen molar-refractivity contribution in [1.82, 2.24) is 10.2 Å². The van der Waals surface area contributed by atoms with Gasteiger partial charge in [0.2, 0.25) is 0 Å². The molecule has 1 fully saturated rings. The fourth-order valence-electron chi connectivity index (χ4n) is 1.90. The maximum absolute atomic E-state index is 12.7. The van der Waals surface area contributed by atoms with Gasteiger partial charge in [0, 0.05) is 25.2 Å². The Labute approximate surface area is 106 Å². The molecule has 5 heteroatoms. The van der Waals surface area contributed by atoms with Gasteiger partial charge in [-0.05, 0) is 31.3 Å². The Bertz CT molecular complexity index is 408. The third-order valence-electron chi connectivity index (χ3n) is 2.94. The zero-order valence-electron chi connectivity index (χ0n) is 10.4. The molecule has 0 spiro atoms. The normalized spacial score (nSPS) is 20.7. The SMILES string of the molecule is CN1CCOC(CNC(=O)c2ccc(F)cc2)C1. The molecule has 1 saturated heterocycles. The number of rotatable bonds is 3. The zero-order chi connectivity index (χ0) is 13.0. The van der Waals surface area contributed by atoms with E-state index in [4.69, 9.17) is 4.74 Å². The van der Waals surface area contributed by atoms with Crippen LogP contribution in [0.3, 0.4) is 0 Å². The van der Waals surface area contributed by atoms with Crippen molar-refractivity contribution in [1.29, 1.82) is 0 Å². The van der Waals surface area contributed by atoms with Crippen LogP contribution < -0.4 is 5.32 Å². The van der Waals surface area contributed by atoms with Gasteiger partial charge in [-0.25, -0.2) is 4.39 Å². The van der Waals surface area contributed by atoms with Crippen molar-refractivity contribution >= 4 is 5.91 Å². The highest BCUT2D eigenvalue weighted by Gasteiger charge is 2.18. The molecule has 0 aromatic heterocycles. The van der Waals surface area contributed by atoms with E-state index in [0.29, 0.717) is 18.7 Å². The van der Waals surface area contributed by atoms with Crippen molar-refractivity contribution in [3.8, 4) is 0 Å². The van der Waals surface area contributed by atoms with E-state index in [1.165, 1.54) is 24.3 Å². The average molecular weight is 252 g/mol. The first-order valence-electron chi connectivity index (χ1n) is 5.99. The van der Waals surface area contributed by atoms with Gasteiger partial charge in [0.1, 0.15) is 5.82 Å². The number of carbonyl (C=O) groups excluding carboxylic acids is 1. The first kappa shape index (κ1) is 13.0. The summed E-state index contributed by atoms with van der Waals surface area (Å²) in [6.07, 6.45) is 0.0214. The highest BCUT2D eigenvalue weighted by atomic mass is 19.1. The third-order valence-corrected chi connectivity index (χ3v) is 2.94. The molecule has 1 aromatic carbocycles. The summed E-state index contributed by atoms with van der Waals surface area (Å²) >= 11 is 0. The first-order chi connectivity index (χ1) is 8.65. The van der Waals surface area contributed by atoms with Gasteiger partial charge in [0.15, 0.2) is 0 Å². The Hall–Kier alpha value is -1.46. The van der Waals surface area contributed by atoms with Crippen LogP contribution in [0.5, 0.6) is 0 Å². The number of amides is 1. The Balaban J connectivity index is 1.82. The van der Waals surface area contributed by atoms with Crippen molar-refractivity contribution in [3.05, 3.63) is 35.6 Å². The van der Waals surface area contributed by atoms with Crippen LogP contribution in [0, 0.1) is 5.82 Å². The van der Waals surface area contributed by atoms with Gasteiger partial charge in [0.05, 0.1) is 12.7 Å². The summed E-state index contributed by atoms with van der Waals surface area (Å²) in [5.41, 5.74) is 0.459. The number of likely N-dealkylation sites (N-methyl/N-ethyl adjacent to an activating group) is 1. The molecule has 1 heterocycles. The topological polar surface area (TPSA) is 41.6 Å². The Morgan fingerprint density at radius 2 is 2.22 bits per heavy atom. The fourth-order valence-corrected chi connectivity index (χ4v) is 1.90. The minimum absolute atomic E-state index is 0.0214. The standard InChI is InChI=1S/C13H17FN2O2/c1-16-6-7-18-12(9-16)8-15-13(17)10-2-4-11(14)5-3-10/h2-5,12H,6-9H2,1H3,(H,15,17). The maximum Gasteiger partial charge on any atom is 0.251 e. The van der Waals surface area contributed by atoms with Gasteiger partial charge >= 0.3 is 0 Å². The first-order valence-corrected chi connectivity index (χ1v) is 5.99. The molecule has 1 aliphatic rings.